The number of rotatable bonds is 2. The number of methoxy groups -OCH3 is 1. The van der Waals surface area contributed by atoms with Gasteiger partial charge in [0.1, 0.15) is 12.1 Å². The molecule has 0 aliphatic heterocycles. The van der Waals surface area contributed by atoms with Crippen molar-refractivity contribution in [3.8, 4) is 5.75 Å². The number of Topliss-reactive ketones (excluding diaryl/α,β-unsaturated/α-hetero) is 1. The minimum atomic E-state index is 0.0778. The Morgan fingerprint density at radius 2 is 2.14 bits per heavy atom. The van der Waals surface area contributed by atoms with Crippen molar-refractivity contribution in [1.29, 1.82) is 0 Å². The third kappa shape index (κ3) is 1.95. The van der Waals surface area contributed by atoms with Gasteiger partial charge in [-0.05, 0) is 18.1 Å². The Morgan fingerprint density at radius 3 is 3.00 bits per heavy atom. The smallest absolute Gasteiger partial charge is 0.252 e. The highest BCUT2D eigenvalue weighted by Gasteiger charge is 2.29. The molecule has 2 heterocycles. The average Bonchev–Trinajstić information content (AvgIpc) is 3.00. The number of fused-ring (bicyclic) bond motifs is 2. The maximum absolute atomic E-state index is 12.5. The van der Waals surface area contributed by atoms with Gasteiger partial charge in [-0.2, -0.15) is 10.1 Å². The Morgan fingerprint density at radius 1 is 1.27 bits per heavy atom. The van der Waals surface area contributed by atoms with Gasteiger partial charge in [-0.25, -0.2) is 9.50 Å². The zero-order valence-corrected chi connectivity index (χ0v) is 12.1. The van der Waals surface area contributed by atoms with Crippen molar-refractivity contribution in [3.05, 3.63) is 53.6 Å². The minimum absolute atomic E-state index is 0.0778. The van der Waals surface area contributed by atoms with Crippen LogP contribution >= 0.6 is 0 Å². The van der Waals surface area contributed by atoms with Crippen LogP contribution in [0.5, 0.6) is 5.75 Å². The zero-order chi connectivity index (χ0) is 15.1. The van der Waals surface area contributed by atoms with Crippen molar-refractivity contribution in [3.63, 3.8) is 0 Å². The van der Waals surface area contributed by atoms with Crippen LogP contribution in [0.1, 0.15) is 34.0 Å². The molecule has 1 aliphatic rings. The number of aromatic nitrogens is 4. The van der Waals surface area contributed by atoms with E-state index in [1.807, 2.05) is 24.3 Å². The molecule has 2 aromatic heterocycles. The summed E-state index contributed by atoms with van der Waals surface area (Å²) in [4.78, 5) is 21.1. The van der Waals surface area contributed by atoms with Crippen LogP contribution in [0.4, 0.5) is 0 Å². The van der Waals surface area contributed by atoms with Crippen LogP contribution in [0.3, 0.4) is 0 Å². The molecular weight excluding hydrogens is 280 g/mol. The molecule has 6 nitrogen and oxygen atoms in total. The van der Waals surface area contributed by atoms with Crippen molar-refractivity contribution < 1.29 is 9.53 Å². The molecule has 0 amide bonds. The number of hydrogen-bond acceptors (Lipinski definition) is 5. The van der Waals surface area contributed by atoms with E-state index in [4.69, 9.17) is 4.74 Å². The van der Waals surface area contributed by atoms with Crippen molar-refractivity contribution in [2.45, 2.75) is 18.8 Å². The third-order valence-corrected chi connectivity index (χ3v) is 4.10. The maximum Gasteiger partial charge on any atom is 0.252 e. The molecular formula is C16H14N4O2. The fraction of sp³-hybridized carbons (Fsp3) is 0.250. The zero-order valence-electron chi connectivity index (χ0n) is 12.1. The second-order valence-electron chi connectivity index (χ2n) is 5.38. The number of hydrogen-bond donors (Lipinski definition) is 0. The number of para-hydroxylation sites is 1. The van der Waals surface area contributed by atoms with Gasteiger partial charge in [0.25, 0.3) is 5.78 Å². The van der Waals surface area contributed by atoms with Crippen molar-refractivity contribution >= 4 is 11.6 Å². The first-order valence-corrected chi connectivity index (χ1v) is 7.11. The molecule has 0 spiro atoms. The highest BCUT2D eigenvalue weighted by molar-refractivity contribution is 5.98. The number of carbonyl (C=O) groups is 1. The highest BCUT2D eigenvalue weighted by atomic mass is 16.5. The SMILES string of the molecule is COc1ccccc1C1CC(=O)c2cn3ncnc3nc2C1. The summed E-state index contributed by atoms with van der Waals surface area (Å²) in [7, 11) is 1.65. The summed E-state index contributed by atoms with van der Waals surface area (Å²) in [5.74, 6) is 1.50. The quantitative estimate of drug-likeness (QED) is 0.723. The van der Waals surface area contributed by atoms with E-state index >= 15 is 0 Å². The molecule has 22 heavy (non-hydrogen) atoms. The molecule has 0 fully saturated rings. The van der Waals surface area contributed by atoms with Crippen LogP contribution in [0, 0.1) is 0 Å². The van der Waals surface area contributed by atoms with Crippen LogP contribution in [0.15, 0.2) is 36.8 Å². The molecule has 1 aliphatic carbocycles. The summed E-state index contributed by atoms with van der Waals surface area (Å²) in [6, 6.07) is 7.83. The molecule has 0 N–H and O–H groups in total. The van der Waals surface area contributed by atoms with Gasteiger partial charge in [0.15, 0.2) is 5.78 Å². The Kier molecular flexibility index (Phi) is 2.89. The second kappa shape index (κ2) is 4.91. The van der Waals surface area contributed by atoms with Gasteiger partial charge in [-0.3, -0.25) is 4.79 Å². The van der Waals surface area contributed by atoms with E-state index in [0.717, 1.165) is 17.0 Å². The first kappa shape index (κ1) is 12.9. The number of benzene rings is 1. The van der Waals surface area contributed by atoms with E-state index in [-0.39, 0.29) is 11.7 Å². The van der Waals surface area contributed by atoms with Gasteiger partial charge in [0.05, 0.1) is 18.4 Å². The molecule has 1 aromatic carbocycles. The lowest BCUT2D eigenvalue weighted by molar-refractivity contribution is 0.0962. The molecule has 110 valence electrons. The Labute approximate surface area is 126 Å². The Balaban J connectivity index is 1.79. The van der Waals surface area contributed by atoms with Gasteiger partial charge in [0, 0.05) is 18.5 Å². The van der Waals surface area contributed by atoms with E-state index < -0.39 is 0 Å². The van der Waals surface area contributed by atoms with E-state index in [2.05, 4.69) is 15.1 Å². The number of ketones is 1. The molecule has 0 saturated heterocycles. The topological polar surface area (TPSA) is 69.4 Å². The predicted molar refractivity (Wildman–Crippen MR) is 79.2 cm³/mol. The third-order valence-electron chi connectivity index (χ3n) is 4.10. The summed E-state index contributed by atoms with van der Waals surface area (Å²) in [5, 5.41) is 4.04. The molecule has 3 aromatic rings. The molecule has 0 saturated carbocycles. The normalized spacial score (nSPS) is 17.5. The minimum Gasteiger partial charge on any atom is -0.496 e. The fourth-order valence-electron chi connectivity index (χ4n) is 3.04. The van der Waals surface area contributed by atoms with Crippen molar-refractivity contribution in [1.82, 2.24) is 19.6 Å². The standard InChI is InChI=1S/C16H14N4O2/c1-22-15-5-3-2-4-11(15)10-6-13-12(14(21)7-10)8-20-16(19-13)17-9-18-20/h2-5,8-10H,6-7H2,1H3. The second-order valence-corrected chi connectivity index (χ2v) is 5.38. The van der Waals surface area contributed by atoms with Gasteiger partial charge in [-0.1, -0.05) is 18.2 Å². The highest BCUT2D eigenvalue weighted by Crippen LogP contribution is 2.36. The monoisotopic (exact) mass is 294 g/mol. The molecule has 6 heteroatoms. The van der Waals surface area contributed by atoms with Crippen LogP contribution in [-0.2, 0) is 6.42 Å². The number of ether oxygens (including phenoxy) is 1. The summed E-state index contributed by atoms with van der Waals surface area (Å²) >= 11 is 0. The molecule has 1 atom stereocenters. The maximum atomic E-state index is 12.5. The molecule has 0 bridgehead atoms. The van der Waals surface area contributed by atoms with Crippen LogP contribution in [0.25, 0.3) is 5.78 Å². The first-order valence-electron chi connectivity index (χ1n) is 7.11. The van der Waals surface area contributed by atoms with Crippen molar-refractivity contribution in [2.24, 2.45) is 0 Å². The van der Waals surface area contributed by atoms with E-state index in [0.29, 0.717) is 24.2 Å². The largest absolute Gasteiger partial charge is 0.496 e. The summed E-state index contributed by atoms with van der Waals surface area (Å²) in [5.41, 5.74) is 2.48. The Bertz CT molecular complexity index is 871. The summed E-state index contributed by atoms with van der Waals surface area (Å²) in [6.45, 7) is 0. The van der Waals surface area contributed by atoms with Crippen LogP contribution < -0.4 is 4.74 Å². The molecule has 1 unspecified atom stereocenters. The number of carbonyl (C=O) groups excluding carboxylic acids is 1. The lowest BCUT2D eigenvalue weighted by Gasteiger charge is -2.24. The lowest BCUT2D eigenvalue weighted by atomic mass is 9.82. The molecule has 4 rings (SSSR count). The Hall–Kier alpha value is -2.76. The number of nitrogens with zero attached hydrogens (tertiary/aromatic N) is 4. The summed E-state index contributed by atoms with van der Waals surface area (Å²) < 4.78 is 6.96. The summed E-state index contributed by atoms with van der Waals surface area (Å²) in [6.07, 6.45) is 4.32. The van der Waals surface area contributed by atoms with Gasteiger partial charge in [-0.15, -0.1) is 0 Å². The molecule has 0 radical (unpaired) electrons. The van der Waals surface area contributed by atoms with Crippen molar-refractivity contribution in [2.75, 3.05) is 7.11 Å². The van der Waals surface area contributed by atoms with Gasteiger partial charge >= 0.3 is 0 Å². The van der Waals surface area contributed by atoms with Gasteiger partial charge in [0.2, 0.25) is 0 Å². The van der Waals surface area contributed by atoms with E-state index in [1.54, 1.807) is 17.8 Å². The predicted octanol–water partition coefficient (Wildman–Crippen LogP) is 2.05. The van der Waals surface area contributed by atoms with Crippen LogP contribution in [0.2, 0.25) is 0 Å². The first-order chi connectivity index (χ1) is 10.8. The lowest BCUT2D eigenvalue weighted by Crippen LogP contribution is -2.21. The van der Waals surface area contributed by atoms with E-state index in [9.17, 15) is 4.79 Å². The fourth-order valence-corrected chi connectivity index (χ4v) is 3.04. The van der Waals surface area contributed by atoms with Crippen LogP contribution in [-0.4, -0.2) is 32.5 Å². The van der Waals surface area contributed by atoms with E-state index in [1.165, 1.54) is 6.33 Å². The van der Waals surface area contributed by atoms with Gasteiger partial charge < -0.3 is 4.74 Å². The average molecular weight is 294 g/mol.